The number of ether oxygens (including phenoxy) is 2. The first kappa shape index (κ1) is 20.8. The number of Topliss-reactive ketones (excluding diaryl/α,β-unsaturated/α-hetero) is 1. The Kier molecular flexibility index (Phi) is 6.96. The van der Waals surface area contributed by atoms with E-state index in [0.717, 1.165) is 25.7 Å². The zero-order valence-electron chi connectivity index (χ0n) is 15.7. The molecule has 2 heterocycles. The van der Waals surface area contributed by atoms with Gasteiger partial charge in [-0.2, -0.15) is 0 Å². The van der Waals surface area contributed by atoms with Crippen LogP contribution in [0.3, 0.4) is 0 Å². The fraction of sp³-hybridized carbons (Fsp3) is 0.833. The van der Waals surface area contributed by atoms with Crippen molar-refractivity contribution in [2.45, 2.75) is 55.2 Å². The van der Waals surface area contributed by atoms with Crippen LogP contribution in [-0.4, -0.2) is 71.7 Å². The molecule has 3 rings (SSSR count). The van der Waals surface area contributed by atoms with Gasteiger partial charge in [0.25, 0.3) is 0 Å². The summed E-state index contributed by atoms with van der Waals surface area (Å²) in [5.74, 6) is -0.441. The van der Waals surface area contributed by atoms with Crippen molar-refractivity contribution < 1.29 is 23.9 Å². The smallest absolute Gasteiger partial charge is 0.318 e. The number of hydrogen-bond donors (Lipinski definition) is 2. The van der Waals surface area contributed by atoms with E-state index in [4.69, 9.17) is 9.47 Å². The Morgan fingerprint density at radius 1 is 1.30 bits per heavy atom. The fourth-order valence-electron chi connectivity index (χ4n) is 4.04. The number of rotatable bonds is 5. The van der Waals surface area contributed by atoms with E-state index in [1.807, 2.05) is 22.6 Å². The number of urea groups is 1. The Bertz CT molecular complexity index is 575. The summed E-state index contributed by atoms with van der Waals surface area (Å²) in [5, 5.41) is 5.71. The number of nitrogens with one attached hydrogen (secondary N) is 2. The maximum absolute atomic E-state index is 13.0. The first-order valence-electron chi connectivity index (χ1n) is 9.60. The summed E-state index contributed by atoms with van der Waals surface area (Å²) in [6.45, 7) is 4.23. The predicted molar refractivity (Wildman–Crippen MR) is 107 cm³/mol. The van der Waals surface area contributed by atoms with Gasteiger partial charge in [-0.25, -0.2) is 4.79 Å². The summed E-state index contributed by atoms with van der Waals surface area (Å²) >= 11 is 2.01. The number of halogens is 1. The number of morpholine rings is 1. The van der Waals surface area contributed by atoms with Gasteiger partial charge in [-0.1, -0.05) is 19.8 Å². The van der Waals surface area contributed by atoms with E-state index in [-0.39, 0.29) is 33.9 Å². The van der Waals surface area contributed by atoms with Crippen LogP contribution in [0.2, 0.25) is 0 Å². The molecule has 0 aromatic carbocycles. The molecule has 1 saturated carbocycles. The highest BCUT2D eigenvalue weighted by Gasteiger charge is 2.40. The third-order valence-corrected chi connectivity index (χ3v) is 6.79. The number of carbonyl (C=O) groups excluding carboxylic acids is 3. The Morgan fingerprint density at radius 2 is 1.96 bits per heavy atom. The second-order valence-corrected chi connectivity index (χ2v) is 9.17. The molecule has 2 aliphatic heterocycles. The number of carbonyl (C=O) groups is 3. The Morgan fingerprint density at radius 3 is 2.56 bits per heavy atom. The maximum atomic E-state index is 13.0. The van der Waals surface area contributed by atoms with Crippen LogP contribution in [0.25, 0.3) is 0 Å². The van der Waals surface area contributed by atoms with Crippen LogP contribution in [-0.2, 0) is 19.1 Å². The molecule has 0 radical (unpaired) electrons. The second kappa shape index (κ2) is 9.04. The van der Waals surface area contributed by atoms with Crippen LogP contribution in [0.1, 0.15) is 39.0 Å². The predicted octanol–water partition coefficient (Wildman–Crippen LogP) is 1.21. The second-order valence-electron chi connectivity index (χ2n) is 7.94. The summed E-state index contributed by atoms with van der Waals surface area (Å²) in [6, 6.07) is -1.57. The zero-order valence-corrected chi connectivity index (χ0v) is 17.8. The molecule has 8 nitrogen and oxygen atoms in total. The molecular weight excluding hydrogens is 465 g/mol. The third kappa shape index (κ3) is 5.32. The Balaban J connectivity index is 1.67. The lowest BCUT2D eigenvalue weighted by molar-refractivity contribution is -0.128. The van der Waals surface area contributed by atoms with Gasteiger partial charge in [0.15, 0.2) is 5.78 Å². The Labute approximate surface area is 173 Å². The zero-order chi connectivity index (χ0) is 19.4. The van der Waals surface area contributed by atoms with Gasteiger partial charge in [-0.3, -0.25) is 9.59 Å². The summed E-state index contributed by atoms with van der Waals surface area (Å²) in [5.41, 5.74) is 0.0280. The van der Waals surface area contributed by atoms with E-state index in [1.165, 1.54) is 0 Å². The normalized spacial score (nSPS) is 28.8. The number of hydrogen-bond acceptors (Lipinski definition) is 5. The topological polar surface area (TPSA) is 97.0 Å². The van der Waals surface area contributed by atoms with Crippen LogP contribution in [0.15, 0.2) is 0 Å². The maximum Gasteiger partial charge on any atom is 0.318 e. The van der Waals surface area contributed by atoms with E-state index in [9.17, 15) is 14.4 Å². The average molecular weight is 493 g/mol. The van der Waals surface area contributed by atoms with Crippen LogP contribution >= 0.6 is 22.6 Å². The lowest BCUT2D eigenvalue weighted by atomic mass is 9.81. The van der Waals surface area contributed by atoms with Crippen molar-refractivity contribution in [2.24, 2.45) is 5.41 Å². The van der Waals surface area contributed by atoms with E-state index in [1.54, 1.807) is 4.90 Å². The van der Waals surface area contributed by atoms with Gasteiger partial charge in [-0.15, -0.1) is 0 Å². The molecule has 3 fully saturated rings. The highest BCUT2D eigenvalue weighted by atomic mass is 127. The minimum Gasteiger partial charge on any atom is -0.378 e. The number of ketones is 1. The molecule has 9 heteroatoms. The molecule has 152 valence electrons. The molecule has 0 aromatic rings. The van der Waals surface area contributed by atoms with Gasteiger partial charge in [0, 0.05) is 13.1 Å². The van der Waals surface area contributed by atoms with Crippen molar-refractivity contribution in [1.29, 1.82) is 0 Å². The summed E-state index contributed by atoms with van der Waals surface area (Å²) in [4.78, 5) is 39.2. The fourth-order valence-corrected chi connectivity index (χ4v) is 4.80. The van der Waals surface area contributed by atoms with Gasteiger partial charge < -0.3 is 25.0 Å². The van der Waals surface area contributed by atoms with Crippen LogP contribution < -0.4 is 10.6 Å². The molecule has 2 saturated heterocycles. The van der Waals surface area contributed by atoms with E-state index in [2.05, 4.69) is 17.6 Å². The van der Waals surface area contributed by atoms with Gasteiger partial charge >= 0.3 is 6.03 Å². The van der Waals surface area contributed by atoms with Crippen molar-refractivity contribution in [3.63, 3.8) is 0 Å². The van der Waals surface area contributed by atoms with Crippen molar-refractivity contribution in [3.8, 4) is 0 Å². The first-order valence-corrected chi connectivity index (χ1v) is 10.8. The SMILES string of the molecule is CC1(C[C@H](NC(=O)N2CCOCC2)C(=O)N[C@@H]2C(=O)CO[C@H]2I)CCCC1. The molecule has 0 bridgehead atoms. The molecule has 0 spiro atoms. The first-order chi connectivity index (χ1) is 12.9. The van der Waals surface area contributed by atoms with Crippen molar-refractivity contribution in [1.82, 2.24) is 15.5 Å². The van der Waals surface area contributed by atoms with Gasteiger partial charge in [0.1, 0.15) is 22.8 Å². The molecule has 3 aliphatic rings. The quantitative estimate of drug-likeness (QED) is 0.444. The van der Waals surface area contributed by atoms with Crippen molar-refractivity contribution >= 4 is 40.3 Å². The van der Waals surface area contributed by atoms with Crippen molar-refractivity contribution in [3.05, 3.63) is 0 Å². The van der Waals surface area contributed by atoms with Crippen molar-refractivity contribution in [2.75, 3.05) is 32.9 Å². The molecule has 27 heavy (non-hydrogen) atoms. The molecule has 3 amide bonds. The van der Waals surface area contributed by atoms with Gasteiger partial charge in [0.05, 0.1) is 13.2 Å². The van der Waals surface area contributed by atoms with Crippen LogP contribution in [0, 0.1) is 5.41 Å². The molecule has 2 N–H and O–H groups in total. The number of alkyl halides is 1. The third-order valence-electron chi connectivity index (χ3n) is 5.71. The van der Waals surface area contributed by atoms with E-state index in [0.29, 0.717) is 32.7 Å². The minimum absolute atomic E-state index is 0.0150. The van der Waals surface area contributed by atoms with Gasteiger partial charge in [-0.05, 0) is 47.3 Å². The standard InChI is InChI=1S/C18H28IN3O5/c1-18(4-2-3-5-18)10-12(20-17(25)22-6-8-26-9-7-22)16(24)21-14-13(23)11-27-15(14)19/h12,14-15H,2-11H2,1H3,(H,20,25)(H,21,24)/t12-,14+,15+/m0/s1. The summed E-state index contributed by atoms with van der Waals surface area (Å²) in [6.07, 6.45) is 4.96. The van der Waals surface area contributed by atoms with Gasteiger partial charge in [0.2, 0.25) is 5.91 Å². The highest BCUT2D eigenvalue weighted by molar-refractivity contribution is 14.1. The molecule has 0 aromatic heterocycles. The number of amides is 3. The lowest BCUT2D eigenvalue weighted by Crippen LogP contribution is -2.57. The molecule has 1 aliphatic carbocycles. The summed E-state index contributed by atoms with van der Waals surface area (Å²) < 4.78 is 10.2. The monoisotopic (exact) mass is 493 g/mol. The minimum atomic E-state index is -0.666. The lowest BCUT2D eigenvalue weighted by Gasteiger charge is -2.33. The van der Waals surface area contributed by atoms with Crippen LogP contribution in [0.4, 0.5) is 4.79 Å². The highest BCUT2D eigenvalue weighted by Crippen LogP contribution is 2.41. The van der Waals surface area contributed by atoms with E-state index >= 15 is 0 Å². The molecule has 3 atom stereocenters. The number of nitrogens with zero attached hydrogens (tertiary/aromatic N) is 1. The van der Waals surface area contributed by atoms with Crippen LogP contribution in [0.5, 0.6) is 0 Å². The Hall–Kier alpha value is -0.940. The summed E-state index contributed by atoms with van der Waals surface area (Å²) in [7, 11) is 0. The largest absolute Gasteiger partial charge is 0.378 e. The molecule has 0 unspecified atom stereocenters. The van der Waals surface area contributed by atoms with E-state index < -0.39 is 12.1 Å². The molecular formula is C18H28IN3O5. The average Bonchev–Trinajstić information content (AvgIpc) is 3.22.